The van der Waals surface area contributed by atoms with Crippen LogP contribution in [0.4, 0.5) is 0 Å². The minimum absolute atomic E-state index is 0. The van der Waals surface area contributed by atoms with Crippen LogP contribution in [0.1, 0.15) is 38.3 Å². The highest BCUT2D eigenvalue weighted by molar-refractivity contribution is 6.32. The smallest absolute Gasteiger partial charge is 0.180 e. The highest BCUT2D eigenvalue weighted by Crippen LogP contribution is 2.37. The van der Waals surface area contributed by atoms with Gasteiger partial charge in [0.25, 0.3) is 0 Å². The van der Waals surface area contributed by atoms with Crippen LogP contribution >= 0.6 is 35.6 Å². The van der Waals surface area contributed by atoms with Gasteiger partial charge >= 0.3 is 0 Å². The summed E-state index contributed by atoms with van der Waals surface area (Å²) in [6, 6.07) is 11.9. The van der Waals surface area contributed by atoms with E-state index in [1.807, 2.05) is 43.3 Å². The lowest BCUT2D eigenvalue weighted by molar-refractivity contribution is 0.269. The molecule has 0 amide bonds. The van der Waals surface area contributed by atoms with Gasteiger partial charge in [0.2, 0.25) is 0 Å². The molecule has 144 valence electrons. The summed E-state index contributed by atoms with van der Waals surface area (Å²) in [5, 5.41) is 4.67. The van der Waals surface area contributed by atoms with Crippen LogP contribution in [0.25, 0.3) is 0 Å². The first-order valence-corrected chi connectivity index (χ1v) is 9.35. The molecule has 0 aliphatic heterocycles. The van der Waals surface area contributed by atoms with E-state index in [0.29, 0.717) is 40.8 Å². The van der Waals surface area contributed by atoms with Crippen molar-refractivity contribution in [2.24, 2.45) is 0 Å². The minimum atomic E-state index is 0. The molecule has 3 nitrogen and oxygen atoms in total. The van der Waals surface area contributed by atoms with E-state index in [2.05, 4.69) is 19.2 Å². The monoisotopic (exact) mass is 417 g/mol. The average Bonchev–Trinajstić information content (AvgIpc) is 2.60. The van der Waals surface area contributed by atoms with Crippen molar-refractivity contribution in [2.75, 3.05) is 6.61 Å². The molecular formula is C20H26Cl3NO2. The lowest BCUT2D eigenvalue weighted by Gasteiger charge is -2.17. The van der Waals surface area contributed by atoms with Crippen molar-refractivity contribution in [3.63, 3.8) is 0 Å². The molecular weight excluding hydrogens is 393 g/mol. The van der Waals surface area contributed by atoms with E-state index in [1.165, 1.54) is 0 Å². The zero-order valence-corrected chi connectivity index (χ0v) is 17.7. The first-order valence-electron chi connectivity index (χ1n) is 8.59. The van der Waals surface area contributed by atoms with E-state index in [1.54, 1.807) is 0 Å². The van der Waals surface area contributed by atoms with Gasteiger partial charge in [-0.2, -0.15) is 0 Å². The van der Waals surface area contributed by atoms with Crippen molar-refractivity contribution in [1.82, 2.24) is 5.32 Å². The van der Waals surface area contributed by atoms with E-state index < -0.39 is 0 Å². The van der Waals surface area contributed by atoms with Gasteiger partial charge in [0.15, 0.2) is 11.5 Å². The van der Waals surface area contributed by atoms with Crippen molar-refractivity contribution in [2.45, 2.75) is 46.4 Å². The normalized spacial score (nSPS) is 11.6. The van der Waals surface area contributed by atoms with Gasteiger partial charge in [-0.15, -0.1) is 12.4 Å². The van der Waals surface area contributed by atoms with Crippen molar-refractivity contribution in [3.05, 3.63) is 57.6 Å². The second kappa shape index (κ2) is 11.6. The maximum atomic E-state index is 6.46. The summed E-state index contributed by atoms with van der Waals surface area (Å²) in [5.41, 5.74) is 1.98. The highest BCUT2D eigenvalue weighted by Gasteiger charge is 2.14. The number of benzene rings is 2. The first kappa shape index (κ1) is 22.9. The van der Waals surface area contributed by atoms with Gasteiger partial charge in [0, 0.05) is 23.2 Å². The van der Waals surface area contributed by atoms with Crippen molar-refractivity contribution in [1.29, 1.82) is 0 Å². The minimum Gasteiger partial charge on any atom is -0.490 e. The van der Waals surface area contributed by atoms with E-state index >= 15 is 0 Å². The summed E-state index contributed by atoms with van der Waals surface area (Å²) in [4.78, 5) is 0. The molecule has 0 saturated carbocycles. The van der Waals surface area contributed by atoms with Gasteiger partial charge in [-0.1, -0.05) is 48.3 Å². The quantitative estimate of drug-likeness (QED) is 0.519. The molecule has 0 heterocycles. The Morgan fingerprint density at radius 2 is 1.77 bits per heavy atom. The molecule has 0 bridgehead atoms. The van der Waals surface area contributed by atoms with Crippen molar-refractivity contribution in [3.8, 4) is 11.5 Å². The topological polar surface area (TPSA) is 30.5 Å². The lowest BCUT2D eigenvalue weighted by Crippen LogP contribution is -2.24. The fourth-order valence-electron chi connectivity index (χ4n) is 2.33. The van der Waals surface area contributed by atoms with Gasteiger partial charge in [-0.3, -0.25) is 0 Å². The van der Waals surface area contributed by atoms with E-state index in [4.69, 9.17) is 32.7 Å². The largest absolute Gasteiger partial charge is 0.490 e. The number of hydrogen-bond donors (Lipinski definition) is 1. The second-order valence-electron chi connectivity index (χ2n) is 5.91. The Kier molecular flexibility index (Phi) is 10.2. The summed E-state index contributed by atoms with van der Waals surface area (Å²) in [7, 11) is 0. The van der Waals surface area contributed by atoms with Crippen LogP contribution in [-0.2, 0) is 13.2 Å². The Bertz CT molecular complexity index is 695. The van der Waals surface area contributed by atoms with Crippen LogP contribution in [-0.4, -0.2) is 12.6 Å². The Labute approximate surface area is 172 Å². The van der Waals surface area contributed by atoms with E-state index in [9.17, 15) is 0 Å². The van der Waals surface area contributed by atoms with Crippen LogP contribution in [0.2, 0.25) is 10.0 Å². The SMILES string of the molecule is CCOc1cc(CNC(C)CC)cc(Cl)c1OCc1ccccc1Cl.Cl. The summed E-state index contributed by atoms with van der Waals surface area (Å²) < 4.78 is 11.7. The fourth-order valence-corrected chi connectivity index (χ4v) is 2.81. The third-order valence-electron chi connectivity index (χ3n) is 3.97. The fraction of sp³-hybridized carbons (Fsp3) is 0.400. The predicted molar refractivity (Wildman–Crippen MR) is 112 cm³/mol. The molecule has 26 heavy (non-hydrogen) atoms. The van der Waals surface area contributed by atoms with Crippen LogP contribution in [0.15, 0.2) is 36.4 Å². The molecule has 1 unspecified atom stereocenters. The molecule has 0 aliphatic rings. The van der Waals surface area contributed by atoms with Crippen molar-refractivity contribution < 1.29 is 9.47 Å². The zero-order valence-electron chi connectivity index (χ0n) is 15.4. The summed E-state index contributed by atoms with van der Waals surface area (Å²) in [5.74, 6) is 1.21. The molecule has 0 fully saturated rings. The maximum absolute atomic E-state index is 6.46. The first-order chi connectivity index (χ1) is 12.0. The van der Waals surface area contributed by atoms with Gasteiger partial charge in [0.05, 0.1) is 11.6 Å². The molecule has 0 aromatic heterocycles. The third kappa shape index (κ3) is 6.55. The van der Waals surface area contributed by atoms with Gasteiger partial charge < -0.3 is 14.8 Å². The van der Waals surface area contributed by atoms with Crippen LogP contribution in [0.5, 0.6) is 11.5 Å². The molecule has 2 aromatic carbocycles. The number of ether oxygens (including phenoxy) is 2. The lowest BCUT2D eigenvalue weighted by atomic mass is 10.1. The molecule has 1 N–H and O–H groups in total. The van der Waals surface area contributed by atoms with Crippen LogP contribution < -0.4 is 14.8 Å². The maximum Gasteiger partial charge on any atom is 0.180 e. The molecule has 2 rings (SSSR count). The molecule has 0 radical (unpaired) electrons. The Balaban J connectivity index is 0.00000338. The number of nitrogens with one attached hydrogen (secondary N) is 1. The number of halogens is 3. The summed E-state index contributed by atoms with van der Waals surface area (Å²) in [6.07, 6.45) is 1.07. The summed E-state index contributed by atoms with van der Waals surface area (Å²) in [6.45, 7) is 7.87. The Morgan fingerprint density at radius 1 is 1.04 bits per heavy atom. The number of hydrogen-bond acceptors (Lipinski definition) is 3. The van der Waals surface area contributed by atoms with Gasteiger partial charge in [-0.05, 0) is 44.0 Å². The van der Waals surface area contributed by atoms with Crippen molar-refractivity contribution >= 4 is 35.6 Å². The van der Waals surface area contributed by atoms with Crippen LogP contribution in [0, 0.1) is 0 Å². The Hall–Kier alpha value is -1.13. The average molecular weight is 419 g/mol. The molecule has 0 spiro atoms. The van der Waals surface area contributed by atoms with Gasteiger partial charge in [0.1, 0.15) is 6.61 Å². The standard InChI is InChI=1S/C20H25Cl2NO2.ClH/c1-4-14(3)23-12-15-10-18(22)20(19(11-15)24-5-2)25-13-16-8-6-7-9-17(16)21;/h6-11,14,23H,4-5,12-13H2,1-3H3;1H. The predicted octanol–water partition coefficient (Wildman–Crippen LogP) is 6.28. The van der Waals surface area contributed by atoms with Crippen LogP contribution in [0.3, 0.4) is 0 Å². The zero-order chi connectivity index (χ0) is 18.2. The Morgan fingerprint density at radius 3 is 2.42 bits per heavy atom. The van der Waals surface area contributed by atoms with E-state index in [-0.39, 0.29) is 12.4 Å². The molecule has 1 atom stereocenters. The second-order valence-corrected chi connectivity index (χ2v) is 6.72. The molecule has 0 saturated heterocycles. The highest BCUT2D eigenvalue weighted by atomic mass is 35.5. The molecule has 0 aliphatic carbocycles. The summed E-state index contributed by atoms with van der Waals surface area (Å²) >= 11 is 12.6. The third-order valence-corrected chi connectivity index (χ3v) is 4.62. The van der Waals surface area contributed by atoms with Gasteiger partial charge in [-0.25, -0.2) is 0 Å². The molecule has 6 heteroatoms. The molecule has 2 aromatic rings. The van der Waals surface area contributed by atoms with E-state index in [0.717, 1.165) is 24.1 Å². The number of rotatable bonds is 9.